The number of benzene rings is 2. The molecule has 0 saturated heterocycles. The molecule has 2 aromatic rings. The molecule has 0 spiro atoms. The Kier molecular flexibility index (Phi) is 11.5. The second-order valence-electron chi connectivity index (χ2n) is 7.39. The number of unbranched alkanes of at least 4 members (excludes halogenated alkanes) is 5. The van der Waals surface area contributed by atoms with Crippen LogP contribution in [-0.2, 0) is 0 Å². The monoisotopic (exact) mass is 442 g/mol. The number of thiocarbonyl (C=S) groups is 1. The highest BCUT2D eigenvalue weighted by Crippen LogP contribution is 2.19. The number of ether oxygens (including phenoxy) is 2. The summed E-state index contributed by atoms with van der Waals surface area (Å²) in [5.74, 6) is 1.10. The van der Waals surface area contributed by atoms with E-state index in [1.165, 1.54) is 19.3 Å². The molecule has 5 nitrogen and oxygen atoms in total. The molecule has 0 aromatic heterocycles. The van der Waals surface area contributed by atoms with Gasteiger partial charge in [0, 0.05) is 5.69 Å². The van der Waals surface area contributed by atoms with Crippen LogP contribution in [0.4, 0.5) is 5.69 Å². The molecule has 31 heavy (non-hydrogen) atoms. The van der Waals surface area contributed by atoms with E-state index in [1.807, 2.05) is 36.4 Å². The highest BCUT2D eigenvalue weighted by atomic mass is 32.1. The predicted octanol–water partition coefficient (Wildman–Crippen LogP) is 6.34. The summed E-state index contributed by atoms with van der Waals surface area (Å²) in [7, 11) is 0. The Morgan fingerprint density at radius 2 is 1.48 bits per heavy atom. The number of nitrogens with one attached hydrogen (secondary N) is 2. The first kappa shape index (κ1) is 24.7. The van der Waals surface area contributed by atoms with E-state index >= 15 is 0 Å². The van der Waals surface area contributed by atoms with Crippen LogP contribution in [0.15, 0.2) is 48.5 Å². The molecule has 168 valence electrons. The number of carbonyl (C=O) groups is 1. The summed E-state index contributed by atoms with van der Waals surface area (Å²) in [6.07, 6.45) is 7.90. The third-order valence-corrected chi connectivity index (χ3v) is 4.95. The first-order valence-corrected chi connectivity index (χ1v) is 11.6. The molecule has 0 atom stereocenters. The minimum atomic E-state index is -0.296. The number of carbonyl (C=O) groups excluding carboxylic acids is 1. The first-order valence-electron chi connectivity index (χ1n) is 11.2. The van der Waals surface area contributed by atoms with Crippen molar-refractivity contribution in [3.63, 3.8) is 0 Å². The molecular weight excluding hydrogens is 408 g/mol. The van der Waals surface area contributed by atoms with Gasteiger partial charge in [-0.2, -0.15) is 0 Å². The van der Waals surface area contributed by atoms with Crippen molar-refractivity contribution in [3.8, 4) is 11.5 Å². The number of amides is 1. The van der Waals surface area contributed by atoms with Crippen LogP contribution in [0.25, 0.3) is 0 Å². The van der Waals surface area contributed by atoms with Gasteiger partial charge in [-0.25, -0.2) is 0 Å². The summed E-state index contributed by atoms with van der Waals surface area (Å²) >= 11 is 5.31. The molecule has 0 bridgehead atoms. The average Bonchev–Trinajstić information content (AvgIpc) is 2.78. The van der Waals surface area contributed by atoms with Gasteiger partial charge in [0.2, 0.25) is 0 Å². The zero-order chi connectivity index (χ0) is 22.3. The van der Waals surface area contributed by atoms with Gasteiger partial charge in [-0.1, -0.05) is 58.1 Å². The quantitative estimate of drug-likeness (QED) is 0.280. The summed E-state index contributed by atoms with van der Waals surface area (Å²) in [6.45, 7) is 5.65. The molecule has 0 aliphatic rings. The van der Waals surface area contributed by atoms with Gasteiger partial charge in [-0.15, -0.1) is 0 Å². The second kappa shape index (κ2) is 14.4. The van der Waals surface area contributed by atoms with E-state index < -0.39 is 0 Å². The summed E-state index contributed by atoms with van der Waals surface area (Å²) in [5.41, 5.74) is 1.25. The number of hydrogen-bond acceptors (Lipinski definition) is 4. The standard InChI is InChI=1S/C25H34N2O3S/c1-3-5-7-11-18-29-21-16-14-20(15-17-21)26-25(31)27-24(28)22-12-8-9-13-23(22)30-19-10-6-4-2/h8-9,12-17H,3-7,10-11,18-19H2,1-2H3,(H2,26,27,28,31). The van der Waals surface area contributed by atoms with Crippen molar-refractivity contribution >= 4 is 28.9 Å². The van der Waals surface area contributed by atoms with Crippen molar-refractivity contribution in [1.82, 2.24) is 5.32 Å². The lowest BCUT2D eigenvalue weighted by Gasteiger charge is -2.13. The average molecular weight is 443 g/mol. The Balaban J connectivity index is 1.82. The van der Waals surface area contributed by atoms with E-state index in [1.54, 1.807) is 12.1 Å². The fourth-order valence-corrected chi connectivity index (χ4v) is 3.21. The molecule has 2 N–H and O–H groups in total. The molecular formula is C25H34N2O3S. The van der Waals surface area contributed by atoms with Gasteiger partial charge < -0.3 is 14.8 Å². The van der Waals surface area contributed by atoms with Crippen molar-refractivity contribution in [2.75, 3.05) is 18.5 Å². The van der Waals surface area contributed by atoms with Crippen LogP contribution >= 0.6 is 12.2 Å². The Morgan fingerprint density at radius 3 is 2.23 bits per heavy atom. The van der Waals surface area contributed by atoms with Crippen LogP contribution in [0.2, 0.25) is 0 Å². The van der Waals surface area contributed by atoms with Crippen molar-refractivity contribution in [1.29, 1.82) is 0 Å². The minimum absolute atomic E-state index is 0.235. The smallest absolute Gasteiger partial charge is 0.261 e. The van der Waals surface area contributed by atoms with E-state index in [-0.39, 0.29) is 11.0 Å². The number of rotatable bonds is 13. The zero-order valence-electron chi connectivity index (χ0n) is 18.6. The SMILES string of the molecule is CCCCCCOc1ccc(NC(=S)NC(=O)c2ccccc2OCCCCC)cc1. The van der Waals surface area contributed by atoms with Crippen LogP contribution in [-0.4, -0.2) is 24.2 Å². The van der Waals surface area contributed by atoms with Crippen LogP contribution in [0.3, 0.4) is 0 Å². The lowest BCUT2D eigenvalue weighted by atomic mass is 10.2. The zero-order valence-corrected chi connectivity index (χ0v) is 19.4. The Labute approximate surface area is 191 Å². The molecule has 0 aliphatic carbocycles. The van der Waals surface area contributed by atoms with E-state index in [9.17, 15) is 4.79 Å². The Bertz CT molecular complexity index is 809. The Hall–Kier alpha value is -2.60. The highest BCUT2D eigenvalue weighted by molar-refractivity contribution is 7.80. The summed E-state index contributed by atoms with van der Waals surface area (Å²) < 4.78 is 11.5. The predicted molar refractivity (Wildman–Crippen MR) is 131 cm³/mol. The van der Waals surface area contributed by atoms with Gasteiger partial charge in [0.15, 0.2) is 5.11 Å². The van der Waals surface area contributed by atoms with E-state index in [2.05, 4.69) is 24.5 Å². The third-order valence-electron chi connectivity index (χ3n) is 4.74. The summed E-state index contributed by atoms with van der Waals surface area (Å²) in [6, 6.07) is 14.8. The summed E-state index contributed by atoms with van der Waals surface area (Å²) in [4.78, 5) is 12.7. The van der Waals surface area contributed by atoms with E-state index in [0.29, 0.717) is 17.9 Å². The maximum atomic E-state index is 12.7. The lowest BCUT2D eigenvalue weighted by Crippen LogP contribution is -2.34. The maximum Gasteiger partial charge on any atom is 0.261 e. The van der Waals surface area contributed by atoms with Gasteiger partial charge >= 0.3 is 0 Å². The van der Waals surface area contributed by atoms with Gasteiger partial charge in [0.1, 0.15) is 11.5 Å². The van der Waals surface area contributed by atoms with Crippen molar-refractivity contribution < 1.29 is 14.3 Å². The highest BCUT2D eigenvalue weighted by Gasteiger charge is 2.13. The van der Waals surface area contributed by atoms with Crippen LogP contribution in [0, 0.1) is 0 Å². The first-order chi connectivity index (χ1) is 15.1. The van der Waals surface area contributed by atoms with E-state index in [4.69, 9.17) is 21.7 Å². The number of para-hydroxylation sites is 1. The molecule has 6 heteroatoms. The molecule has 0 radical (unpaired) electrons. The molecule has 0 saturated carbocycles. The number of anilines is 1. The van der Waals surface area contributed by atoms with Gasteiger partial charge in [-0.05, 0) is 61.5 Å². The molecule has 2 aromatic carbocycles. The lowest BCUT2D eigenvalue weighted by molar-refractivity contribution is 0.0973. The van der Waals surface area contributed by atoms with Crippen LogP contribution in [0.1, 0.15) is 69.2 Å². The fraction of sp³-hybridized carbons (Fsp3) is 0.440. The largest absolute Gasteiger partial charge is 0.494 e. The maximum absolute atomic E-state index is 12.7. The molecule has 0 aliphatic heterocycles. The minimum Gasteiger partial charge on any atom is -0.494 e. The van der Waals surface area contributed by atoms with Crippen molar-refractivity contribution in [2.24, 2.45) is 0 Å². The van der Waals surface area contributed by atoms with Crippen LogP contribution in [0.5, 0.6) is 11.5 Å². The Morgan fingerprint density at radius 1 is 0.839 bits per heavy atom. The normalized spacial score (nSPS) is 10.4. The molecule has 0 fully saturated rings. The molecule has 0 heterocycles. The molecule has 0 unspecified atom stereocenters. The van der Waals surface area contributed by atoms with Gasteiger partial charge in [0.05, 0.1) is 18.8 Å². The van der Waals surface area contributed by atoms with Crippen molar-refractivity contribution in [3.05, 3.63) is 54.1 Å². The topological polar surface area (TPSA) is 59.6 Å². The van der Waals surface area contributed by atoms with Gasteiger partial charge in [0.25, 0.3) is 5.91 Å². The summed E-state index contributed by atoms with van der Waals surface area (Å²) in [5, 5.41) is 6.00. The van der Waals surface area contributed by atoms with Crippen molar-refractivity contribution in [2.45, 2.75) is 58.8 Å². The van der Waals surface area contributed by atoms with Crippen LogP contribution < -0.4 is 20.1 Å². The van der Waals surface area contributed by atoms with Gasteiger partial charge in [-0.3, -0.25) is 10.1 Å². The molecule has 2 rings (SSSR count). The number of hydrogen-bond donors (Lipinski definition) is 2. The fourth-order valence-electron chi connectivity index (χ4n) is 3.00. The van der Waals surface area contributed by atoms with E-state index in [0.717, 1.165) is 43.7 Å². The molecule has 1 amide bonds. The third kappa shape index (κ3) is 9.39. The second-order valence-corrected chi connectivity index (χ2v) is 7.80.